The lowest BCUT2D eigenvalue weighted by molar-refractivity contribution is -0.121. The van der Waals surface area contributed by atoms with Crippen molar-refractivity contribution >= 4 is 5.91 Å². The highest BCUT2D eigenvalue weighted by Gasteiger charge is 2.02. The number of hydrogen-bond acceptors (Lipinski definition) is 3. The van der Waals surface area contributed by atoms with Gasteiger partial charge in [-0.1, -0.05) is 13.8 Å². The van der Waals surface area contributed by atoms with Crippen molar-refractivity contribution in [3.63, 3.8) is 0 Å². The van der Waals surface area contributed by atoms with Crippen molar-refractivity contribution in [2.24, 2.45) is 5.92 Å². The summed E-state index contributed by atoms with van der Waals surface area (Å²) in [6.07, 6.45) is 0.248. The molecule has 0 aliphatic carbocycles. The molecule has 0 aromatic rings. The summed E-state index contributed by atoms with van der Waals surface area (Å²) in [5.41, 5.74) is 0. The first-order valence-corrected chi connectivity index (χ1v) is 5.18. The largest absolute Gasteiger partial charge is 0.392 e. The first-order chi connectivity index (χ1) is 6.52. The van der Waals surface area contributed by atoms with Crippen molar-refractivity contribution < 1.29 is 9.90 Å². The van der Waals surface area contributed by atoms with Crippen molar-refractivity contribution in [2.75, 3.05) is 19.6 Å². The average Bonchev–Trinajstić information content (AvgIpc) is 2.01. The Morgan fingerprint density at radius 3 is 2.43 bits per heavy atom. The molecule has 84 valence electrons. The molecule has 0 aliphatic heterocycles. The highest BCUT2D eigenvalue weighted by atomic mass is 16.3. The molecular formula is C10H22N2O2. The van der Waals surface area contributed by atoms with Gasteiger partial charge in [0.2, 0.25) is 5.91 Å². The molecule has 4 nitrogen and oxygen atoms in total. The molecule has 0 saturated carbocycles. The lowest BCUT2D eigenvalue weighted by Crippen LogP contribution is -2.34. The predicted molar refractivity (Wildman–Crippen MR) is 57.0 cm³/mol. The van der Waals surface area contributed by atoms with E-state index in [1.54, 1.807) is 6.92 Å². The normalized spacial score (nSPS) is 12.9. The minimum absolute atomic E-state index is 0.0962. The molecule has 1 amide bonds. The Bertz CT molecular complexity index is 158. The molecule has 4 heteroatoms. The van der Waals surface area contributed by atoms with Crippen LogP contribution in [0.2, 0.25) is 0 Å². The van der Waals surface area contributed by atoms with E-state index in [0.717, 1.165) is 0 Å². The fourth-order valence-electron chi connectivity index (χ4n) is 1.04. The molecular weight excluding hydrogens is 180 g/mol. The minimum atomic E-state index is -0.332. The van der Waals surface area contributed by atoms with Crippen LogP contribution in [0.15, 0.2) is 0 Å². The van der Waals surface area contributed by atoms with Gasteiger partial charge in [0.25, 0.3) is 0 Å². The van der Waals surface area contributed by atoms with Crippen LogP contribution in [0.1, 0.15) is 27.2 Å². The van der Waals surface area contributed by atoms with Crippen LogP contribution < -0.4 is 10.6 Å². The van der Waals surface area contributed by atoms with E-state index < -0.39 is 0 Å². The first kappa shape index (κ1) is 13.4. The van der Waals surface area contributed by atoms with Crippen LogP contribution in [-0.2, 0) is 4.79 Å². The van der Waals surface area contributed by atoms with Gasteiger partial charge < -0.3 is 15.7 Å². The molecule has 1 unspecified atom stereocenters. The van der Waals surface area contributed by atoms with Gasteiger partial charge in [0, 0.05) is 26.1 Å². The van der Waals surface area contributed by atoms with Crippen LogP contribution in [-0.4, -0.2) is 36.8 Å². The smallest absolute Gasteiger partial charge is 0.220 e. The quantitative estimate of drug-likeness (QED) is 0.514. The van der Waals surface area contributed by atoms with E-state index >= 15 is 0 Å². The van der Waals surface area contributed by atoms with Crippen LogP contribution in [0.5, 0.6) is 0 Å². The molecule has 0 fully saturated rings. The maximum atomic E-state index is 11.2. The number of rotatable bonds is 7. The van der Waals surface area contributed by atoms with Crippen molar-refractivity contribution in [3.05, 3.63) is 0 Å². The number of carbonyl (C=O) groups excluding carboxylic acids is 1. The van der Waals surface area contributed by atoms with Crippen molar-refractivity contribution in [2.45, 2.75) is 33.3 Å². The number of hydrogen-bond donors (Lipinski definition) is 3. The average molecular weight is 202 g/mol. The zero-order valence-corrected chi connectivity index (χ0v) is 9.34. The molecule has 3 N–H and O–H groups in total. The molecule has 0 aromatic carbocycles. The second-order valence-corrected chi connectivity index (χ2v) is 4.00. The van der Waals surface area contributed by atoms with Gasteiger partial charge in [-0.3, -0.25) is 4.79 Å². The number of nitrogens with one attached hydrogen (secondary N) is 2. The van der Waals surface area contributed by atoms with Crippen molar-refractivity contribution in [3.8, 4) is 0 Å². The molecule has 0 aliphatic rings. The van der Waals surface area contributed by atoms with E-state index in [0.29, 0.717) is 32.0 Å². The SMILES string of the molecule is CC(C)CC(=O)NCCNCC(C)O. The Labute approximate surface area is 86.1 Å². The third-order valence-electron chi connectivity index (χ3n) is 1.66. The minimum Gasteiger partial charge on any atom is -0.392 e. The van der Waals surface area contributed by atoms with Crippen LogP contribution in [0, 0.1) is 5.92 Å². The molecule has 0 spiro atoms. The molecule has 14 heavy (non-hydrogen) atoms. The highest BCUT2D eigenvalue weighted by Crippen LogP contribution is 1.97. The van der Waals surface area contributed by atoms with E-state index in [-0.39, 0.29) is 12.0 Å². The zero-order valence-electron chi connectivity index (χ0n) is 9.34. The fourth-order valence-corrected chi connectivity index (χ4v) is 1.04. The summed E-state index contributed by atoms with van der Waals surface area (Å²) in [5.74, 6) is 0.499. The third kappa shape index (κ3) is 9.48. The van der Waals surface area contributed by atoms with Gasteiger partial charge in [-0.05, 0) is 12.8 Å². The lowest BCUT2D eigenvalue weighted by Gasteiger charge is -2.09. The molecule has 0 bridgehead atoms. The maximum Gasteiger partial charge on any atom is 0.220 e. The maximum absolute atomic E-state index is 11.2. The van der Waals surface area contributed by atoms with Gasteiger partial charge >= 0.3 is 0 Å². The van der Waals surface area contributed by atoms with E-state index in [1.165, 1.54) is 0 Å². The first-order valence-electron chi connectivity index (χ1n) is 5.18. The number of aliphatic hydroxyl groups is 1. The van der Waals surface area contributed by atoms with Crippen molar-refractivity contribution in [1.82, 2.24) is 10.6 Å². The van der Waals surface area contributed by atoms with Crippen LogP contribution in [0.3, 0.4) is 0 Å². The summed E-state index contributed by atoms with van der Waals surface area (Å²) in [4.78, 5) is 11.2. The van der Waals surface area contributed by atoms with E-state index in [1.807, 2.05) is 13.8 Å². The molecule has 0 aromatic heterocycles. The van der Waals surface area contributed by atoms with Crippen LogP contribution in [0.25, 0.3) is 0 Å². The van der Waals surface area contributed by atoms with Crippen LogP contribution in [0.4, 0.5) is 0 Å². The Balaban J connectivity index is 3.23. The second kappa shape index (κ2) is 7.76. The summed E-state index contributed by atoms with van der Waals surface area (Å²) in [6, 6.07) is 0. The number of amides is 1. The monoisotopic (exact) mass is 202 g/mol. The summed E-state index contributed by atoms with van der Waals surface area (Å²) >= 11 is 0. The Morgan fingerprint density at radius 1 is 1.29 bits per heavy atom. The summed E-state index contributed by atoms with van der Waals surface area (Å²) in [5, 5.41) is 14.8. The molecule has 0 saturated heterocycles. The Hall–Kier alpha value is -0.610. The van der Waals surface area contributed by atoms with Crippen LogP contribution >= 0.6 is 0 Å². The fraction of sp³-hybridized carbons (Fsp3) is 0.900. The number of carbonyl (C=O) groups is 1. The lowest BCUT2D eigenvalue weighted by atomic mass is 10.1. The summed E-state index contributed by atoms with van der Waals surface area (Å²) < 4.78 is 0. The predicted octanol–water partition coefficient (Wildman–Crippen LogP) is 0.119. The summed E-state index contributed by atoms with van der Waals surface area (Å²) in [6.45, 7) is 7.66. The second-order valence-electron chi connectivity index (χ2n) is 4.00. The zero-order chi connectivity index (χ0) is 11.0. The Morgan fingerprint density at radius 2 is 1.93 bits per heavy atom. The molecule has 0 heterocycles. The van der Waals surface area contributed by atoms with Crippen molar-refractivity contribution in [1.29, 1.82) is 0 Å². The highest BCUT2D eigenvalue weighted by molar-refractivity contribution is 5.75. The third-order valence-corrected chi connectivity index (χ3v) is 1.66. The standard InChI is InChI=1S/C10H22N2O2/c1-8(2)6-10(14)12-5-4-11-7-9(3)13/h8-9,11,13H,4-7H2,1-3H3,(H,12,14). The van der Waals surface area contributed by atoms with Gasteiger partial charge in [-0.25, -0.2) is 0 Å². The van der Waals surface area contributed by atoms with Gasteiger partial charge in [0.15, 0.2) is 0 Å². The van der Waals surface area contributed by atoms with E-state index in [9.17, 15) is 4.79 Å². The van der Waals surface area contributed by atoms with Gasteiger partial charge in [0.1, 0.15) is 0 Å². The van der Waals surface area contributed by atoms with E-state index in [4.69, 9.17) is 5.11 Å². The van der Waals surface area contributed by atoms with Gasteiger partial charge in [0.05, 0.1) is 6.10 Å². The summed E-state index contributed by atoms with van der Waals surface area (Å²) in [7, 11) is 0. The van der Waals surface area contributed by atoms with Gasteiger partial charge in [-0.15, -0.1) is 0 Å². The Kier molecular flexibility index (Phi) is 7.42. The number of aliphatic hydroxyl groups excluding tert-OH is 1. The van der Waals surface area contributed by atoms with E-state index in [2.05, 4.69) is 10.6 Å². The van der Waals surface area contributed by atoms with Gasteiger partial charge in [-0.2, -0.15) is 0 Å². The molecule has 1 atom stereocenters. The topological polar surface area (TPSA) is 61.4 Å². The molecule has 0 rings (SSSR count). The molecule has 0 radical (unpaired) electrons.